The minimum Gasteiger partial charge on any atom is -0.467 e. The fraction of sp³-hybridized carbons (Fsp3) is 0.250. The number of hydrogen-bond acceptors (Lipinski definition) is 5. The highest BCUT2D eigenvalue weighted by Crippen LogP contribution is 2.17. The lowest BCUT2D eigenvalue weighted by Crippen LogP contribution is -2.30. The van der Waals surface area contributed by atoms with Crippen LogP contribution in [0.1, 0.15) is 11.3 Å². The van der Waals surface area contributed by atoms with E-state index in [0.717, 1.165) is 0 Å². The maximum Gasteiger partial charge on any atom is 0.246 e. The highest BCUT2D eigenvalue weighted by Gasteiger charge is 2.14. The number of halogens is 1. The first-order chi connectivity index (χ1) is 11.5. The van der Waals surface area contributed by atoms with Crippen molar-refractivity contribution < 1.29 is 13.6 Å². The van der Waals surface area contributed by atoms with Gasteiger partial charge in [-0.2, -0.15) is 4.80 Å². The highest BCUT2D eigenvalue weighted by atomic mass is 19.1. The van der Waals surface area contributed by atoms with E-state index in [2.05, 4.69) is 15.4 Å². The third-order valence-corrected chi connectivity index (χ3v) is 3.54. The first-order valence-electron chi connectivity index (χ1n) is 7.33. The van der Waals surface area contributed by atoms with Gasteiger partial charge in [-0.25, -0.2) is 4.39 Å². The van der Waals surface area contributed by atoms with Crippen LogP contribution in [0.15, 0.2) is 41.0 Å². The number of amides is 1. The molecule has 0 saturated heterocycles. The van der Waals surface area contributed by atoms with E-state index < -0.39 is 0 Å². The van der Waals surface area contributed by atoms with E-state index in [1.54, 1.807) is 44.5 Å². The summed E-state index contributed by atoms with van der Waals surface area (Å²) in [6, 6.07) is 8.14. The van der Waals surface area contributed by atoms with Gasteiger partial charge in [-0.05, 0) is 48.0 Å². The Labute approximate surface area is 137 Å². The van der Waals surface area contributed by atoms with Gasteiger partial charge in [0.05, 0.1) is 12.8 Å². The molecule has 0 saturated carbocycles. The number of benzene rings is 1. The van der Waals surface area contributed by atoms with Crippen molar-refractivity contribution >= 4 is 5.91 Å². The van der Waals surface area contributed by atoms with Crippen LogP contribution in [-0.2, 0) is 17.9 Å². The molecule has 0 aliphatic carbocycles. The van der Waals surface area contributed by atoms with E-state index in [9.17, 15) is 9.18 Å². The van der Waals surface area contributed by atoms with Crippen molar-refractivity contribution in [3.05, 3.63) is 53.7 Å². The van der Waals surface area contributed by atoms with E-state index in [0.29, 0.717) is 29.3 Å². The average Bonchev–Trinajstić information content (AvgIpc) is 3.22. The fourth-order valence-corrected chi connectivity index (χ4v) is 2.18. The van der Waals surface area contributed by atoms with Crippen molar-refractivity contribution in [1.82, 2.24) is 25.1 Å². The Hall–Kier alpha value is -3.03. The Morgan fingerprint density at radius 3 is 2.92 bits per heavy atom. The molecule has 24 heavy (non-hydrogen) atoms. The second-order valence-electron chi connectivity index (χ2n) is 5.44. The van der Waals surface area contributed by atoms with Crippen LogP contribution < -0.4 is 0 Å². The van der Waals surface area contributed by atoms with Gasteiger partial charge < -0.3 is 9.32 Å². The molecule has 0 atom stereocenters. The van der Waals surface area contributed by atoms with E-state index in [-0.39, 0.29) is 18.3 Å². The third kappa shape index (κ3) is 3.48. The summed E-state index contributed by atoms with van der Waals surface area (Å²) in [4.78, 5) is 14.9. The molecule has 7 nitrogen and oxygen atoms in total. The molecule has 0 aliphatic rings. The maximum atomic E-state index is 13.3. The van der Waals surface area contributed by atoms with E-state index >= 15 is 0 Å². The van der Waals surface area contributed by atoms with Crippen LogP contribution in [-0.4, -0.2) is 38.1 Å². The third-order valence-electron chi connectivity index (χ3n) is 3.54. The molecule has 1 amide bonds. The smallest absolute Gasteiger partial charge is 0.246 e. The highest BCUT2D eigenvalue weighted by molar-refractivity contribution is 5.75. The first kappa shape index (κ1) is 15.9. The summed E-state index contributed by atoms with van der Waals surface area (Å²) in [6.07, 6.45) is 1.56. The molecule has 0 fully saturated rings. The largest absolute Gasteiger partial charge is 0.467 e. The average molecular weight is 329 g/mol. The summed E-state index contributed by atoms with van der Waals surface area (Å²) >= 11 is 0. The summed E-state index contributed by atoms with van der Waals surface area (Å²) in [5, 5.41) is 12.0. The summed E-state index contributed by atoms with van der Waals surface area (Å²) in [6.45, 7) is 1.99. The van der Waals surface area contributed by atoms with Gasteiger partial charge >= 0.3 is 0 Å². The number of likely N-dealkylation sites (N-methyl/N-ethyl adjacent to an activating group) is 1. The van der Waals surface area contributed by atoms with Crippen LogP contribution in [0.2, 0.25) is 0 Å². The number of hydrogen-bond donors (Lipinski definition) is 0. The number of furan rings is 1. The second kappa shape index (κ2) is 6.61. The Morgan fingerprint density at radius 2 is 2.21 bits per heavy atom. The van der Waals surface area contributed by atoms with Crippen molar-refractivity contribution in [2.24, 2.45) is 0 Å². The minimum absolute atomic E-state index is 0.0373. The van der Waals surface area contributed by atoms with Gasteiger partial charge in [-0.15, -0.1) is 10.2 Å². The first-order valence-corrected chi connectivity index (χ1v) is 7.33. The van der Waals surface area contributed by atoms with Crippen LogP contribution in [0.5, 0.6) is 0 Å². The summed E-state index contributed by atoms with van der Waals surface area (Å²) in [7, 11) is 1.67. The van der Waals surface area contributed by atoms with Gasteiger partial charge in [0.25, 0.3) is 0 Å². The van der Waals surface area contributed by atoms with Gasteiger partial charge in [0.2, 0.25) is 11.7 Å². The SMILES string of the molecule is Cc1cc(-c2nnn(CC(=O)N(C)Cc3ccco3)n2)ccc1F. The zero-order chi connectivity index (χ0) is 17.1. The molecular weight excluding hydrogens is 313 g/mol. The zero-order valence-corrected chi connectivity index (χ0v) is 13.3. The lowest BCUT2D eigenvalue weighted by molar-refractivity contribution is -0.131. The molecule has 3 rings (SSSR count). The molecule has 3 aromatic rings. The van der Waals surface area contributed by atoms with Crippen LogP contribution in [0.25, 0.3) is 11.4 Å². The molecule has 2 aromatic heterocycles. The summed E-state index contributed by atoms with van der Waals surface area (Å²) in [5.41, 5.74) is 1.15. The van der Waals surface area contributed by atoms with Crippen molar-refractivity contribution in [1.29, 1.82) is 0 Å². The van der Waals surface area contributed by atoms with Gasteiger partial charge in [0.1, 0.15) is 18.1 Å². The van der Waals surface area contributed by atoms with Crippen molar-refractivity contribution in [3.63, 3.8) is 0 Å². The second-order valence-corrected chi connectivity index (χ2v) is 5.44. The van der Waals surface area contributed by atoms with Crippen LogP contribution >= 0.6 is 0 Å². The minimum atomic E-state index is -0.291. The molecule has 124 valence electrons. The molecule has 8 heteroatoms. The lowest BCUT2D eigenvalue weighted by Gasteiger charge is -2.14. The standard InChI is InChI=1S/C16H16FN5O2/c1-11-8-12(5-6-14(11)17)16-18-20-22(19-16)10-15(23)21(2)9-13-4-3-7-24-13/h3-8H,9-10H2,1-2H3. The van der Waals surface area contributed by atoms with Crippen LogP contribution in [0, 0.1) is 12.7 Å². The number of nitrogens with zero attached hydrogens (tertiary/aromatic N) is 5. The van der Waals surface area contributed by atoms with Crippen molar-refractivity contribution in [2.45, 2.75) is 20.0 Å². The monoisotopic (exact) mass is 329 g/mol. The maximum absolute atomic E-state index is 13.3. The molecule has 0 spiro atoms. The Bertz CT molecular complexity index is 844. The molecule has 0 bridgehead atoms. The number of carbonyl (C=O) groups is 1. The van der Waals surface area contributed by atoms with Crippen molar-refractivity contribution in [2.75, 3.05) is 7.05 Å². The number of tetrazole rings is 1. The van der Waals surface area contributed by atoms with Gasteiger partial charge in [-0.1, -0.05) is 0 Å². The van der Waals surface area contributed by atoms with Crippen LogP contribution in [0.3, 0.4) is 0 Å². The van der Waals surface area contributed by atoms with Crippen molar-refractivity contribution in [3.8, 4) is 11.4 Å². The normalized spacial score (nSPS) is 10.8. The topological polar surface area (TPSA) is 77.0 Å². The molecule has 0 unspecified atom stereocenters. The van der Waals surface area contributed by atoms with E-state index in [1.165, 1.54) is 15.8 Å². The molecule has 0 radical (unpaired) electrons. The molecule has 0 aliphatic heterocycles. The quantitative estimate of drug-likeness (QED) is 0.716. The van der Waals surface area contributed by atoms with Gasteiger partial charge in [0, 0.05) is 12.6 Å². The predicted octanol–water partition coefficient (Wildman–Crippen LogP) is 2.04. The number of aromatic nitrogens is 4. The Kier molecular flexibility index (Phi) is 4.37. The fourth-order valence-electron chi connectivity index (χ4n) is 2.18. The molecule has 2 heterocycles. The predicted molar refractivity (Wildman–Crippen MR) is 83.1 cm³/mol. The van der Waals surface area contributed by atoms with Gasteiger partial charge in [-0.3, -0.25) is 4.79 Å². The summed E-state index contributed by atoms with van der Waals surface area (Å²) in [5.74, 6) is 0.575. The Morgan fingerprint density at radius 1 is 1.38 bits per heavy atom. The molecule has 0 N–H and O–H groups in total. The number of carbonyl (C=O) groups excluding carboxylic acids is 1. The van der Waals surface area contributed by atoms with E-state index in [1.807, 2.05) is 0 Å². The van der Waals surface area contributed by atoms with E-state index in [4.69, 9.17) is 4.42 Å². The number of aryl methyl sites for hydroxylation is 1. The van der Waals surface area contributed by atoms with Gasteiger partial charge in [0.15, 0.2) is 0 Å². The van der Waals surface area contributed by atoms with Crippen LogP contribution in [0.4, 0.5) is 4.39 Å². The Balaban J connectivity index is 1.67. The molecule has 1 aromatic carbocycles. The summed E-state index contributed by atoms with van der Waals surface area (Å²) < 4.78 is 18.5. The molecular formula is C16H16FN5O2. The lowest BCUT2D eigenvalue weighted by atomic mass is 10.1. The zero-order valence-electron chi connectivity index (χ0n) is 13.3. The number of rotatable bonds is 5.